The van der Waals surface area contributed by atoms with Gasteiger partial charge in [-0.05, 0) is 19.3 Å². The Balaban J connectivity index is 1.80. The molecule has 0 radical (unpaired) electrons. The lowest BCUT2D eigenvalue weighted by Gasteiger charge is -2.41. The molecule has 0 spiro atoms. The Morgan fingerprint density at radius 2 is 2.28 bits per heavy atom. The summed E-state index contributed by atoms with van der Waals surface area (Å²) in [6.45, 7) is 0.416. The minimum absolute atomic E-state index is 0.0129. The molecular formula is C11H15N3O3S. The number of hydrogen-bond acceptors (Lipinski definition) is 4. The minimum Gasteiger partial charge on any atom is -0.481 e. The number of aliphatic carboxylic acids is 1. The van der Waals surface area contributed by atoms with E-state index in [0.29, 0.717) is 6.54 Å². The van der Waals surface area contributed by atoms with E-state index in [-0.39, 0.29) is 12.5 Å². The number of hydrogen-bond donors (Lipinski definition) is 3. The van der Waals surface area contributed by atoms with Crippen molar-refractivity contribution in [3.8, 4) is 0 Å². The van der Waals surface area contributed by atoms with Crippen LogP contribution < -0.4 is 10.6 Å². The monoisotopic (exact) mass is 269 g/mol. The van der Waals surface area contributed by atoms with Gasteiger partial charge in [-0.1, -0.05) is 0 Å². The van der Waals surface area contributed by atoms with Gasteiger partial charge < -0.3 is 15.7 Å². The Labute approximate surface area is 108 Å². The second-order valence-electron chi connectivity index (χ2n) is 4.48. The summed E-state index contributed by atoms with van der Waals surface area (Å²) < 4.78 is 0. The molecule has 1 aromatic rings. The standard InChI is InChI=1S/C11H15N3O3S/c15-9(16)4-11(2-1-3-11)14-10(17)13-6-8-5-12-7-18-8/h5,7H,1-4,6H2,(H,15,16)(H2,13,14,17). The summed E-state index contributed by atoms with van der Waals surface area (Å²) in [6.07, 6.45) is 4.10. The molecule has 2 rings (SSSR count). The third kappa shape index (κ3) is 3.19. The van der Waals surface area contributed by atoms with Crippen molar-refractivity contribution in [2.24, 2.45) is 0 Å². The highest BCUT2D eigenvalue weighted by Crippen LogP contribution is 2.34. The van der Waals surface area contributed by atoms with Gasteiger partial charge >= 0.3 is 12.0 Å². The SMILES string of the molecule is O=C(O)CC1(NC(=O)NCc2cncs2)CCC1. The molecule has 1 aromatic heterocycles. The molecule has 3 N–H and O–H groups in total. The maximum atomic E-state index is 11.7. The maximum Gasteiger partial charge on any atom is 0.315 e. The van der Waals surface area contributed by atoms with Crippen molar-refractivity contribution >= 4 is 23.3 Å². The number of rotatable bonds is 5. The van der Waals surface area contributed by atoms with Gasteiger partial charge in [-0.2, -0.15) is 0 Å². The molecule has 7 heteroatoms. The Hall–Kier alpha value is -1.63. The first-order chi connectivity index (χ1) is 8.60. The van der Waals surface area contributed by atoms with Gasteiger partial charge in [0, 0.05) is 11.1 Å². The van der Waals surface area contributed by atoms with E-state index in [1.807, 2.05) is 0 Å². The number of thiazole rings is 1. The number of nitrogens with zero attached hydrogens (tertiary/aromatic N) is 1. The van der Waals surface area contributed by atoms with Crippen molar-refractivity contribution in [3.63, 3.8) is 0 Å². The summed E-state index contributed by atoms with van der Waals surface area (Å²) in [4.78, 5) is 27.3. The van der Waals surface area contributed by atoms with Gasteiger partial charge in [-0.3, -0.25) is 9.78 Å². The van der Waals surface area contributed by atoms with Crippen molar-refractivity contribution < 1.29 is 14.7 Å². The number of urea groups is 1. The van der Waals surface area contributed by atoms with Gasteiger partial charge in [-0.15, -0.1) is 11.3 Å². The first-order valence-corrected chi connectivity index (χ1v) is 6.63. The fraction of sp³-hybridized carbons (Fsp3) is 0.545. The first-order valence-electron chi connectivity index (χ1n) is 5.75. The summed E-state index contributed by atoms with van der Waals surface area (Å²) >= 11 is 1.47. The molecule has 0 aliphatic heterocycles. The van der Waals surface area contributed by atoms with Crippen LogP contribution in [0.4, 0.5) is 4.79 Å². The molecule has 1 aliphatic rings. The predicted octanol–water partition coefficient (Wildman–Crippen LogP) is 1.34. The van der Waals surface area contributed by atoms with E-state index in [2.05, 4.69) is 15.6 Å². The third-order valence-electron chi connectivity index (χ3n) is 3.09. The molecule has 1 aliphatic carbocycles. The lowest BCUT2D eigenvalue weighted by molar-refractivity contribution is -0.139. The summed E-state index contributed by atoms with van der Waals surface area (Å²) in [5.74, 6) is -0.877. The van der Waals surface area contributed by atoms with E-state index in [4.69, 9.17) is 5.11 Å². The Kier molecular flexibility index (Phi) is 3.81. The molecule has 2 amide bonds. The molecule has 6 nitrogen and oxygen atoms in total. The fourth-order valence-electron chi connectivity index (χ4n) is 2.02. The van der Waals surface area contributed by atoms with Crippen molar-refractivity contribution in [2.45, 2.75) is 37.8 Å². The number of carbonyl (C=O) groups is 2. The molecule has 0 aromatic carbocycles. The van der Waals surface area contributed by atoms with Crippen molar-refractivity contribution in [2.75, 3.05) is 0 Å². The van der Waals surface area contributed by atoms with Crippen LogP contribution in [0.1, 0.15) is 30.6 Å². The number of carbonyl (C=O) groups excluding carboxylic acids is 1. The lowest BCUT2D eigenvalue weighted by atomic mass is 9.74. The number of aromatic nitrogens is 1. The quantitative estimate of drug-likeness (QED) is 0.752. The normalized spacial score (nSPS) is 16.7. The van der Waals surface area contributed by atoms with E-state index in [1.54, 1.807) is 11.7 Å². The molecule has 1 heterocycles. The number of carboxylic acids is 1. The summed E-state index contributed by atoms with van der Waals surface area (Å²) in [7, 11) is 0. The zero-order valence-corrected chi connectivity index (χ0v) is 10.6. The molecule has 1 saturated carbocycles. The van der Waals surface area contributed by atoms with Crippen LogP contribution in [0.3, 0.4) is 0 Å². The smallest absolute Gasteiger partial charge is 0.315 e. The Bertz CT molecular complexity index is 429. The van der Waals surface area contributed by atoms with Crippen LogP contribution in [0, 0.1) is 0 Å². The zero-order chi connectivity index (χ0) is 13.0. The number of carboxylic acid groups (broad SMARTS) is 1. The summed E-state index contributed by atoms with van der Waals surface area (Å²) in [6, 6.07) is -0.315. The first kappa shape index (κ1) is 12.8. The Morgan fingerprint density at radius 3 is 2.78 bits per heavy atom. The van der Waals surface area contributed by atoms with E-state index >= 15 is 0 Å². The van der Waals surface area contributed by atoms with Crippen LogP contribution in [0.25, 0.3) is 0 Å². The fourth-order valence-corrected chi connectivity index (χ4v) is 2.56. The van der Waals surface area contributed by atoms with Gasteiger partial charge in [0.25, 0.3) is 0 Å². The van der Waals surface area contributed by atoms with Crippen molar-refractivity contribution in [3.05, 3.63) is 16.6 Å². The van der Waals surface area contributed by atoms with E-state index in [0.717, 1.165) is 24.1 Å². The molecule has 0 unspecified atom stereocenters. The highest BCUT2D eigenvalue weighted by Gasteiger charge is 2.40. The van der Waals surface area contributed by atoms with E-state index < -0.39 is 11.5 Å². The lowest BCUT2D eigenvalue weighted by Crippen LogP contribution is -2.57. The third-order valence-corrected chi connectivity index (χ3v) is 3.87. The highest BCUT2D eigenvalue weighted by molar-refractivity contribution is 7.09. The van der Waals surface area contributed by atoms with Gasteiger partial charge in [-0.25, -0.2) is 4.79 Å². The van der Waals surface area contributed by atoms with Crippen LogP contribution in [-0.4, -0.2) is 27.6 Å². The molecular weight excluding hydrogens is 254 g/mol. The average Bonchev–Trinajstić information content (AvgIpc) is 2.75. The second-order valence-corrected chi connectivity index (χ2v) is 5.45. The van der Waals surface area contributed by atoms with E-state index in [1.165, 1.54) is 11.3 Å². The zero-order valence-electron chi connectivity index (χ0n) is 9.81. The average molecular weight is 269 g/mol. The molecule has 0 atom stereocenters. The van der Waals surface area contributed by atoms with Crippen LogP contribution in [0.2, 0.25) is 0 Å². The van der Waals surface area contributed by atoms with Crippen LogP contribution in [0.15, 0.2) is 11.7 Å². The largest absolute Gasteiger partial charge is 0.481 e. The van der Waals surface area contributed by atoms with E-state index in [9.17, 15) is 9.59 Å². The van der Waals surface area contributed by atoms with Crippen LogP contribution in [0.5, 0.6) is 0 Å². The van der Waals surface area contributed by atoms with Gasteiger partial charge in [0.15, 0.2) is 0 Å². The van der Waals surface area contributed by atoms with Crippen molar-refractivity contribution in [1.29, 1.82) is 0 Å². The summed E-state index contributed by atoms with van der Waals surface area (Å²) in [5.41, 5.74) is 1.15. The number of nitrogens with one attached hydrogen (secondary N) is 2. The molecule has 0 saturated heterocycles. The highest BCUT2D eigenvalue weighted by atomic mass is 32.1. The van der Waals surface area contributed by atoms with Crippen molar-refractivity contribution in [1.82, 2.24) is 15.6 Å². The van der Waals surface area contributed by atoms with Gasteiger partial charge in [0.2, 0.25) is 0 Å². The molecule has 18 heavy (non-hydrogen) atoms. The summed E-state index contributed by atoms with van der Waals surface area (Å²) in [5, 5.41) is 14.3. The molecule has 0 bridgehead atoms. The van der Waals surface area contributed by atoms with Crippen LogP contribution in [-0.2, 0) is 11.3 Å². The predicted molar refractivity (Wildman–Crippen MR) is 66.3 cm³/mol. The molecule has 98 valence electrons. The second kappa shape index (κ2) is 5.34. The topological polar surface area (TPSA) is 91.3 Å². The van der Waals surface area contributed by atoms with Crippen LogP contribution >= 0.6 is 11.3 Å². The number of amides is 2. The Morgan fingerprint density at radius 1 is 1.50 bits per heavy atom. The van der Waals surface area contributed by atoms with Gasteiger partial charge in [0.1, 0.15) is 0 Å². The van der Waals surface area contributed by atoms with Gasteiger partial charge in [0.05, 0.1) is 24.0 Å². The minimum atomic E-state index is -0.877. The molecule has 1 fully saturated rings. The maximum absolute atomic E-state index is 11.7.